The van der Waals surface area contributed by atoms with Gasteiger partial charge in [-0.25, -0.2) is 0 Å². The fourth-order valence-electron chi connectivity index (χ4n) is 2.25. The van der Waals surface area contributed by atoms with Crippen molar-refractivity contribution < 1.29 is 4.79 Å². The van der Waals surface area contributed by atoms with Gasteiger partial charge in [0.2, 0.25) is 0 Å². The molecule has 1 atom stereocenters. The van der Waals surface area contributed by atoms with E-state index in [0.717, 1.165) is 48.0 Å². The maximum absolute atomic E-state index is 12.2. The minimum Gasteiger partial charge on any atom is -0.349 e. The molecular formula is C14H19BrN2O. The molecule has 3 nitrogen and oxygen atoms in total. The number of carbonyl (C=O) groups excluding carboxylic acids is 1. The van der Waals surface area contributed by atoms with Crippen molar-refractivity contribution in [2.24, 2.45) is 0 Å². The van der Waals surface area contributed by atoms with Crippen LogP contribution < -0.4 is 10.6 Å². The fraction of sp³-hybridized carbons (Fsp3) is 0.500. The number of rotatable bonds is 2. The highest BCUT2D eigenvalue weighted by Crippen LogP contribution is 2.21. The maximum Gasteiger partial charge on any atom is 0.252 e. The van der Waals surface area contributed by atoms with Crippen LogP contribution in [-0.2, 0) is 0 Å². The van der Waals surface area contributed by atoms with Gasteiger partial charge in [0.25, 0.3) is 5.91 Å². The van der Waals surface area contributed by atoms with E-state index in [1.54, 1.807) is 0 Å². The van der Waals surface area contributed by atoms with E-state index in [9.17, 15) is 4.79 Å². The Labute approximate surface area is 116 Å². The summed E-state index contributed by atoms with van der Waals surface area (Å²) in [5, 5.41) is 6.48. The Bertz CT molecular complexity index is 426. The molecule has 2 rings (SSSR count). The predicted octanol–water partition coefficient (Wildman–Crippen LogP) is 2.63. The molecule has 0 radical (unpaired) electrons. The predicted molar refractivity (Wildman–Crippen MR) is 76.9 cm³/mol. The molecule has 0 aliphatic carbocycles. The summed E-state index contributed by atoms with van der Waals surface area (Å²) < 4.78 is 0.897. The molecular weight excluding hydrogens is 292 g/mol. The number of nitrogens with one attached hydrogen (secondary N) is 2. The van der Waals surface area contributed by atoms with Gasteiger partial charge in [-0.05, 0) is 66.8 Å². The Morgan fingerprint density at radius 1 is 1.39 bits per heavy atom. The lowest BCUT2D eigenvalue weighted by atomic mass is 10.1. The third-order valence-corrected chi connectivity index (χ3v) is 4.40. The van der Waals surface area contributed by atoms with Crippen molar-refractivity contribution in [3.63, 3.8) is 0 Å². The molecule has 1 aromatic carbocycles. The van der Waals surface area contributed by atoms with Crippen LogP contribution in [0, 0.1) is 6.92 Å². The van der Waals surface area contributed by atoms with Crippen molar-refractivity contribution in [1.29, 1.82) is 0 Å². The zero-order chi connectivity index (χ0) is 13.0. The van der Waals surface area contributed by atoms with E-state index < -0.39 is 0 Å². The smallest absolute Gasteiger partial charge is 0.252 e. The summed E-state index contributed by atoms with van der Waals surface area (Å²) in [5.41, 5.74) is 1.82. The lowest BCUT2D eigenvalue weighted by Crippen LogP contribution is -2.35. The number of hydrogen-bond acceptors (Lipinski definition) is 2. The van der Waals surface area contributed by atoms with Crippen LogP contribution in [0.1, 0.15) is 35.2 Å². The Morgan fingerprint density at radius 2 is 2.22 bits per heavy atom. The van der Waals surface area contributed by atoms with E-state index in [1.165, 1.54) is 0 Å². The molecule has 0 aromatic heterocycles. The van der Waals surface area contributed by atoms with E-state index in [-0.39, 0.29) is 5.91 Å². The number of carbonyl (C=O) groups is 1. The maximum atomic E-state index is 12.2. The van der Waals surface area contributed by atoms with Crippen molar-refractivity contribution in [3.8, 4) is 0 Å². The average molecular weight is 311 g/mol. The van der Waals surface area contributed by atoms with Crippen molar-refractivity contribution in [3.05, 3.63) is 33.8 Å². The summed E-state index contributed by atoms with van der Waals surface area (Å²) in [6.07, 6.45) is 3.19. The van der Waals surface area contributed by atoms with Gasteiger partial charge in [0, 0.05) is 10.5 Å². The van der Waals surface area contributed by atoms with Gasteiger partial charge in [0.05, 0.1) is 5.56 Å². The Hall–Kier alpha value is -0.870. The van der Waals surface area contributed by atoms with Gasteiger partial charge in [-0.3, -0.25) is 4.79 Å². The van der Waals surface area contributed by atoms with Crippen LogP contribution in [0.5, 0.6) is 0 Å². The molecule has 0 bridgehead atoms. The second-order valence-corrected chi connectivity index (χ2v) is 5.58. The van der Waals surface area contributed by atoms with Crippen LogP contribution >= 0.6 is 15.9 Å². The monoisotopic (exact) mass is 310 g/mol. The van der Waals surface area contributed by atoms with Gasteiger partial charge >= 0.3 is 0 Å². The Morgan fingerprint density at radius 3 is 3.06 bits per heavy atom. The highest BCUT2D eigenvalue weighted by Gasteiger charge is 2.17. The van der Waals surface area contributed by atoms with Crippen LogP contribution in [0.25, 0.3) is 0 Å². The minimum absolute atomic E-state index is 0.0254. The zero-order valence-corrected chi connectivity index (χ0v) is 12.2. The largest absolute Gasteiger partial charge is 0.349 e. The lowest BCUT2D eigenvalue weighted by molar-refractivity contribution is 0.0933. The highest BCUT2D eigenvalue weighted by molar-refractivity contribution is 9.10. The average Bonchev–Trinajstić information content (AvgIpc) is 2.61. The molecule has 1 aliphatic heterocycles. The summed E-state index contributed by atoms with van der Waals surface area (Å²) in [7, 11) is 0. The molecule has 4 heteroatoms. The normalized spacial score (nSPS) is 20.2. The minimum atomic E-state index is 0.0254. The number of aryl methyl sites for hydroxylation is 1. The Balaban J connectivity index is 2.04. The van der Waals surface area contributed by atoms with Crippen LogP contribution in [-0.4, -0.2) is 25.0 Å². The molecule has 1 saturated heterocycles. The van der Waals surface area contributed by atoms with Crippen LogP contribution in [0.2, 0.25) is 0 Å². The summed E-state index contributed by atoms with van der Waals surface area (Å²) in [6, 6.07) is 6.07. The van der Waals surface area contributed by atoms with Gasteiger partial charge in [-0.2, -0.15) is 0 Å². The van der Waals surface area contributed by atoms with Gasteiger partial charge in [0.1, 0.15) is 0 Å². The first-order valence-electron chi connectivity index (χ1n) is 6.45. The number of benzene rings is 1. The first-order valence-corrected chi connectivity index (χ1v) is 7.24. The van der Waals surface area contributed by atoms with Crippen molar-refractivity contribution in [2.45, 2.75) is 32.2 Å². The lowest BCUT2D eigenvalue weighted by Gasteiger charge is -2.16. The van der Waals surface area contributed by atoms with Gasteiger partial charge in [-0.1, -0.05) is 12.1 Å². The fourth-order valence-corrected chi connectivity index (χ4v) is 2.69. The van der Waals surface area contributed by atoms with E-state index >= 15 is 0 Å². The topological polar surface area (TPSA) is 41.1 Å². The van der Waals surface area contributed by atoms with Gasteiger partial charge in [0.15, 0.2) is 0 Å². The van der Waals surface area contributed by atoms with Gasteiger partial charge < -0.3 is 10.6 Å². The molecule has 1 heterocycles. The third kappa shape index (κ3) is 3.33. The van der Waals surface area contributed by atoms with Crippen LogP contribution in [0.4, 0.5) is 0 Å². The summed E-state index contributed by atoms with van der Waals surface area (Å²) in [4.78, 5) is 12.2. The number of amides is 1. The molecule has 1 fully saturated rings. The number of halogens is 1. The first-order chi connectivity index (χ1) is 8.68. The summed E-state index contributed by atoms with van der Waals surface area (Å²) in [5.74, 6) is 0.0254. The van der Waals surface area contributed by atoms with Crippen molar-refractivity contribution >= 4 is 21.8 Å². The van der Waals surface area contributed by atoms with E-state index in [0.29, 0.717) is 6.04 Å². The molecule has 1 unspecified atom stereocenters. The molecule has 98 valence electrons. The molecule has 2 N–H and O–H groups in total. The Kier molecular flexibility index (Phi) is 4.78. The molecule has 0 spiro atoms. The third-order valence-electron chi connectivity index (χ3n) is 3.35. The second kappa shape index (κ2) is 6.34. The van der Waals surface area contributed by atoms with Gasteiger partial charge in [-0.15, -0.1) is 0 Å². The van der Waals surface area contributed by atoms with E-state index in [4.69, 9.17) is 0 Å². The van der Waals surface area contributed by atoms with Crippen LogP contribution in [0.3, 0.4) is 0 Å². The number of hydrogen-bond donors (Lipinski definition) is 2. The molecule has 0 saturated carbocycles. The van der Waals surface area contributed by atoms with Crippen molar-refractivity contribution in [1.82, 2.24) is 10.6 Å². The first kappa shape index (κ1) is 13.6. The van der Waals surface area contributed by atoms with Crippen LogP contribution in [0.15, 0.2) is 22.7 Å². The molecule has 1 aromatic rings. The standard InChI is InChI=1S/C14H19BrN2O/c1-10-4-2-6-12(13(10)15)14(18)17-11-5-3-8-16-9-7-11/h2,4,6,11,16H,3,5,7-9H2,1H3,(H,17,18). The molecule has 18 heavy (non-hydrogen) atoms. The quantitative estimate of drug-likeness (QED) is 0.881. The summed E-state index contributed by atoms with van der Waals surface area (Å²) >= 11 is 3.49. The van der Waals surface area contributed by atoms with E-state index in [1.807, 2.05) is 25.1 Å². The van der Waals surface area contributed by atoms with Crippen molar-refractivity contribution in [2.75, 3.05) is 13.1 Å². The molecule has 1 amide bonds. The second-order valence-electron chi connectivity index (χ2n) is 4.79. The molecule has 1 aliphatic rings. The highest BCUT2D eigenvalue weighted by atomic mass is 79.9. The van der Waals surface area contributed by atoms with E-state index in [2.05, 4.69) is 26.6 Å². The zero-order valence-electron chi connectivity index (χ0n) is 10.6. The SMILES string of the molecule is Cc1cccc(C(=O)NC2CCCNCC2)c1Br. The summed E-state index contributed by atoms with van der Waals surface area (Å²) in [6.45, 7) is 4.04.